The standard InChI is InChI=1S/C35H46N6O/c1-21(2)30-19-40-24(17-38(30)6)15-34-26-11-7-9-13-28(26)37-33(34)41-20-31(22(3)4)39(23(5)42)18-25(41)16-35(34)27-12-8-10-14-29(27)36-32(35)40/h7-14,21-22,24-25,30-32,36H,15-20H2,1-6H3/p+1/t24?,25-,30+,31+,32+,34?,35?/m0/s1. The minimum Gasteiger partial charge on any atom is -0.369 e. The van der Waals surface area contributed by atoms with E-state index in [4.69, 9.17) is 4.99 Å². The largest absolute Gasteiger partial charge is 0.369 e. The molecule has 4 fully saturated rings. The summed E-state index contributed by atoms with van der Waals surface area (Å²) in [5.41, 5.74) is 4.91. The lowest BCUT2D eigenvalue weighted by Gasteiger charge is -2.67. The summed E-state index contributed by atoms with van der Waals surface area (Å²) in [5, 5.41) is 4.16. The number of nitrogens with zero attached hydrogens (tertiary/aromatic N) is 4. The molecule has 42 heavy (non-hydrogen) atoms. The van der Waals surface area contributed by atoms with Crippen molar-refractivity contribution in [3.8, 4) is 0 Å². The Bertz CT molecular complexity index is 1470. The third-order valence-electron chi connectivity index (χ3n) is 12.3. The zero-order valence-electron chi connectivity index (χ0n) is 26.1. The van der Waals surface area contributed by atoms with Crippen molar-refractivity contribution in [1.29, 1.82) is 0 Å². The van der Waals surface area contributed by atoms with Gasteiger partial charge in [0.15, 0.2) is 0 Å². The van der Waals surface area contributed by atoms with Gasteiger partial charge in [-0.2, -0.15) is 0 Å². The minimum absolute atomic E-state index is 0.174. The monoisotopic (exact) mass is 567 g/mol. The number of piperazine rings is 2. The Morgan fingerprint density at radius 3 is 2.43 bits per heavy atom. The molecule has 4 saturated heterocycles. The van der Waals surface area contributed by atoms with Gasteiger partial charge in [-0.15, -0.1) is 0 Å². The second-order valence-corrected chi connectivity index (χ2v) is 14.9. The van der Waals surface area contributed by atoms with Gasteiger partial charge >= 0.3 is 0 Å². The molecule has 2 N–H and O–H groups in total. The van der Waals surface area contributed by atoms with Gasteiger partial charge in [-0.1, -0.05) is 64.1 Å². The molecule has 0 radical (unpaired) electrons. The van der Waals surface area contributed by atoms with Crippen molar-refractivity contribution in [1.82, 2.24) is 14.7 Å². The fourth-order valence-electron chi connectivity index (χ4n) is 10.5. The van der Waals surface area contributed by atoms with Crippen molar-refractivity contribution in [2.45, 2.75) is 88.6 Å². The Kier molecular flexibility index (Phi) is 5.76. The first-order valence-electron chi connectivity index (χ1n) is 16.3. The number of carbonyl (C=O) groups excluding carboxylic acids is 1. The number of anilines is 1. The van der Waals surface area contributed by atoms with Crippen molar-refractivity contribution in [3.05, 3.63) is 59.7 Å². The number of hydrogen-bond donors (Lipinski definition) is 2. The molecular formula is C35H47N6O+. The number of rotatable bonds is 2. The fourth-order valence-corrected chi connectivity index (χ4v) is 10.5. The number of quaternary nitrogens is 1. The van der Waals surface area contributed by atoms with Crippen LogP contribution in [0, 0.1) is 11.8 Å². The van der Waals surface area contributed by atoms with Crippen LogP contribution in [-0.4, -0.2) is 90.0 Å². The lowest BCUT2D eigenvalue weighted by atomic mass is 9.47. The quantitative estimate of drug-likeness (QED) is 0.585. The molecule has 222 valence electrons. The van der Waals surface area contributed by atoms with Crippen molar-refractivity contribution < 1.29 is 9.69 Å². The van der Waals surface area contributed by atoms with E-state index < -0.39 is 0 Å². The van der Waals surface area contributed by atoms with Gasteiger partial charge in [-0.05, 0) is 42.0 Å². The maximum Gasteiger partial charge on any atom is 0.219 e. The van der Waals surface area contributed by atoms with Crippen LogP contribution in [0.2, 0.25) is 0 Å². The number of hydrogen-bond acceptors (Lipinski definition) is 5. The van der Waals surface area contributed by atoms with E-state index in [0.717, 1.165) is 44.7 Å². The summed E-state index contributed by atoms with van der Waals surface area (Å²) in [4.78, 5) is 28.1. The van der Waals surface area contributed by atoms with Gasteiger partial charge in [-0.3, -0.25) is 9.69 Å². The smallest absolute Gasteiger partial charge is 0.219 e. The summed E-state index contributed by atoms with van der Waals surface area (Å²) in [6.07, 6.45) is 2.29. The number of amides is 1. The molecule has 0 aliphatic carbocycles. The van der Waals surface area contributed by atoms with Gasteiger partial charge in [0.05, 0.1) is 49.5 Å². The summed E-state index contributed by atoms with van der Waals surface area (Å²) in [6.45, 7) is 15.0. The Balaban J connectivity index is 1.37. The van der Waals surface area contributed by atoms with E-state index in [9.17, 15) is 4.79 Å². The van der Waals surface area contributed by atoms with Crippen LogP contribution in [0.1, 0.15) is 58.6 Å². The molecule has 6 heterocycles. The maximum atomic E-state index is 13.1. The predicted octanol–water partition coefficient (Wildman–Crippen LogP) is 3.25. The third-order valence-corrected chi connectivity index (χ3v) is 12.3. The normalized spacial score (nSPS) is 38.0. The van der Waals surface area contributed by atoms with Gasteiger partial charge in [0.1, 0.15) is 11.9 Å². The highest BCUT2D eigenvalue weighted by Crippen LogP contribution is 2.67. The second-order valence-electron chi connectivity index (χ2n) is 14.9. The van der Waals surface area contributed by atoms with Crippen molar-refractivity contribution in [3.63, 3.8) is 0 Å². The SMILES string of the molecule is CC(=O)N1C[C@@H]2CC34c5ccccc5N[C@@H]3N3C[C@H](C(C)C)[NH+](C)CC3CC43C(=Nc4ccccc43)N2C[C@@H]1C(C)C. The Morgan fingerprint density at radius 1 is 0.952 bits per heavy atom. The number of likely N-dealkylation sites (N-methyl/N-ethyl adjacent to an activating group) is 1. The third kappa shape index (κ3) is 3.24. The first kappa shape index (κ1) is 26.7. The molecule has 8 rings (SSSR count). The lowest BCUT2D eigenvalue weighted by Crippen LogP contribution is -3.18. The first-order valence-corrected chi connectivity index (χ1v) is 16.3. The number of para-hydroxylation sites is 2. The van der Waals surface area contributed by atoms with Crippen LogP contribution in [0.15, 0.2) is 53.5 Å². The van der Waals surface area contributed by atoms with Crippen LogP contribution in [0.4, 0.5) is 11.4 Å². The lowest BCUT2D eigenvalue weighted by molar-refractivity contribution is -0.918. The van der Waals surface area contributed by atoms with Gasteiger partial charge < -0.3 is 20.0 Å². The topological polar surface area (TPSA) is 55.6 Å². The van der Waals surface area contributed by atoms with E-state index in [1.54, 1.807) is 11.8 Å². The maximum absolute atomic E-state index is 13.1. The van der Waals surface area contributed by atoms with Gasteiger partial charge in [-0.25, -0.2) is 4.99 Å². The van der Waals surface area contributed by atoms with E-state index in [1.807, 2.05) is 0 Å². The fraction of sp³-hybridized carbons (Fsp3) is 0.600. The minimum atomic E-state index is -0.212. The van der Waals surface area contributed by atoms with Gasteiger partial charge in [0.2, 0.25) is 5.91 Å². The van der Waals surface area contributed by atoms with Crippen LogP contribution in [-0.2, 0) is 15.6 Å². The highest BCUT2D eigenvalue weighted by molar-refractivity contribution is 6.04. The summed E-state index contributed by atoms with van der Waals surface area (Å²) in [6, 6.07) is 19.7. The highest BCUT2D eigenvalue weighted by atomic mass is 16.2. The molecule has 6 aliphatic rings. The van der Waals surface area contributed by atoms with E-state index in [1.165, 1.54) is 22.6 Å². The van der Waals surface area contributed by atoms with Crippen molar-refractivity contribution in [2.75, 3.05) is 38.5 Å². The molecule has 8 atom stereocenters. The number of benzene rings is 2. The molecule has 1 amide bonds. The van der Waals surface area contributed by atoms with Gasteiger partial charge in [0.25, 0.3) is 0 Å². The molecule has 0 aromatic heterocycles. The number of carbonyl (C=O) groups is 1. The van der Waals surface area contributed by atoms with Crippen molar-refractivity contribution >= 4 is 23.1 Å². The molecular weight excluding hydrogens is 520 g/mol. The molecule has 2 spiro atoms. The van der Waals surface area contributed by atoms with E-state index >= 15 is 0 Å². The molecule has 2 aromatic carbocycles. The molecule has 2 aromatic rings. The summed E-state index contributed by atoms with van der Waals surface area (Å²) in [7, 11) is 2.42. The molecule has 7 nitrogen and oxygen atoms in total. The number of fused-ring (bicyclic) bond motifs is 6. The average Bonchev–Trinajstić information content (AvgIpc) is 3.47. The number of nitrogens with one attached hydrogen (secondary N) is 2. The predicted molar refractivity (Wildman–Crippen MR) is 167 cm³/mol. The number of piperidine rings is 2. The molecule has 7 heteroatoms. The summed E-state index contributed by atoms with van der Waals surface area (Å²) < 4.78 is 0. The molecule has 0 bridgehead atoms. The summed E-state index contributed by atoms with van der Waals surface area (Å²) >= 11 is 0. The van der Waals surface area contributed by atoms with Crippen LogP contribution in [0.25, 0.3) is 0 Å². The molecule has 0 saturated carbocycles. The molecule has 6 aliphatic heterocycles. The van der Waals surface area contributed by atoms with Crippen LogP contribution in [0.5, 0.6) is 0 Å². The Labute approximate surface area is 250 Å². The average molecular weight is 568 g/mol. The first-order chi connectivity index (χ1) is 20.2. The zero-order valence-corrected chi connectivity index (χ0v) is 26.1. The van der Waals surface area contributed by atoms with Crippen LogP contribution < -0.4 is 10.2 Å². The van der Waals surface area contributed by atoms with E-state index in [-0.39, 0.29) is 35.0 Å². The highest BCUT2D eigenvalue weighted by Gasteiger charge is 2.74. The van der Waals surface area contributed by atoms with Crippen LogP contribution in [0.3, 0.4) is 0 Å². The van der Waals surface area contributed by atoms with Crippen LogP contribution >= 0.6 is 0 Å². The second kappa shape index (κ2) is 9.06. The Hall–Kier alpha value is -2.90. The summed E-state index contributed by atoms with van der Waals surface area (Å²) in [5.74, 6) is 2.49. The van der Waals surface area contributed by atoms with E-state index in [0.29, 0.717) is 23.9 Å². The van der Waals surface area contributed by atoms with E-state index in [2.05, 4.69) is 103 Å². The zero-order chi connectivity index (χ0) is 29.1. The number of amidine groups is 1. The van der Waals surface area contributed by atoms with Crippen molar-refractivity contribution in [2.24, 2.45) is 16.8 Å². The number of aliphatic imine (C=N–C) groups is 1. The Morgan fingerprint density at radius 2 is 1.69 bits per heavy atom. The van der Waals surface area contributed by atoms with Gasteiger partial charge in [0, 0.05) is 43.1 Å². The molecule has 4 unspecified atom stereocenters.